The maximum atomic E-state index is 12.3. The van der Waals surface area contributed by atoms with Gasteiger partial charge in [0.1, 0.15) is 6.04 Å². The summed E-state index contributed by atoms with van der Waals surface area (Å²) in [7, 11) is 1.37. The molecule has 1 amide bonds. The Balaban J connectivity index is 1.85. The predicted octanol–water partition coefficient (Wildman–Crippen LogP) is 1.61. The second kappa shape index (κ2) is 7.25. The van der Waals surface area contributed by atoms with Crippen molar-refractivity contribution in [3.8, 4) is 0 Å². The number of nitrogens with one attached hydrogen (secondary N) is 2. The summed E-state index contributed by atoms with van der Waals surface area (Å²) in [5.41, 5.74) is 0. The molecule has 2 N–H and O–H groups in total. The molecule has 2 bridgehead atoms. The Kier molecular flexibility index (Phi) is 5.62. The van der Waals surface area contributed by atoms with Crippen LogP contribution in [0.2, 0.25) is 0 Å². The van der Waals surface area contributed by atoms with Gasteiger partial charge in [-0.2, -0.15) is 0 Å². The van der Waals surface area contributed by atoms with Gasteiger partial charge in [-0.15, -0.1) is 0 Å². The van der Waals surface area contributed by atoms with Crippen molar-refractivity contribution in [2.45, 2.75) is 70.5 Å². The SMILES string of the molecule is CCC(C)C(NC(=O)CC1CC2CCC(C1)N2)C(=O)OC. The number of esters is 1. The maximum absolute atomic E-state index is 12.3. The van der Waals surface area contributed by atoms with E-state index in [0.717, 1.165) is 19.3 Å². The number of hydrogen-bond donors (Lipinski definition) is 2. The van der Waals surface area contributed by atoms with Crippen LogP contribution in [-0.4, -0.2) is 37.1 Å². The fraction of sp³-hybridized carbons (Fsp3) is 0.875. The minimum atomic E-state index is -0.522. The highest BCUT2D eigenvalue weighted by Crippen LogP contribution is 2.32. The van der Waals surface area contributed by atoms with Crippen LogP contribution in [0.25, 0.3) is 0 Å². The monoisotopic (exact) mass is 296 g/mol. The normalized spacial score (nSPS) is 30.5. The standard InChI is InChI=1S/C16H28N2O3/c1-4-10(2)15(16(20)21-3)18-14(19)9-11-7-12-5-6-13(8-11)17-12/h10-13,15,17H,4-9H2,1-3H3,(H,18,19). The van der Waals surface area contributed by atoms with Crippen LogP contribution in [0, 0.1) is 11.8 Å². The van der Waals surface area contributed by atoms with Gasteiger partial charge in [0, 0.05) is 18.5 Å². The molecule has 5 heteroatoms. The zero-order chi connectivity index (χ0) is 15.4. The Morgan fingerprint density at radius 1 is 1.29 bits per heavy atom. The van der Waals surface area contributed by atoms with E-state index in [2.05, 4.69) is 10.6 Å². The van der Waals surface area contributed by atoms with Crippen LogP contribution in [0.1, 0.15) is 52.4 Å². The van der Waals surface area contributed by atoms with Crippen molar-refractivity contribution in [2.75, 3.05) is 7.11 Å². The van der Waals surface area contributed by atoms with Crippen LogP contribution >= 0.6 is 0 Å². The molecule has 2 rings (SSSR count). The highest BCUT2D eigenvalue weighted by atomic mass is 16.5. The third-order valence-electron chi connectivity index (χ3n) is 5.03. The molecular formula is C16H28N2O3. The molecule has 4 unspecified atom stereocenters. The first-order chi connectivity index (χ1) is 10.0. The van der Waals surface area contributed by atoms with Crippen molar-refractivity contribution < 1.29 is 14.3 Å². The van der Waals surface area contributed by atoms with Crippen LogP contribution in [0.5, 0.6) is 0 Å². The summed E-state index contributed by atoms with van der Waals surface area (Å²) >= 11 is 0. The maximum Gasteiger partial charge on any atom is 0.328 e. The van der Waals surface area contributed by atoms with Crippen molar-refractivity contribution >= 4 is 11.9 Å². The average molecular weight is 296 g/mol. The summed E-state index contributed by atoms with van der Waals surface area (Å²) < 4.78 is 4.81. The molecule has 0 aromatic heterocycles. The molecule has 0 aromatic rings. The molecule has 0 radical (unpaired) electrons. The topological polar surface area (TPSA) is 67.4 Å². The Hall–Kier alpha value is -1.10. The highest BCUT2D eigenvalue weighted by molar-refractivity contribution is 5.84. The Morgan fingerprint density at radius 3 is 2.43 bits per heavy atom. The lowest BCUT2D eigenvalue weighted by molar-refractivity contribution is -0.146. The molecule has 2 aliphatic heterocycles. The smallest absolute Gasteiger partial charge is 0.328 e. The lowest BCUT2D eigenvalue weighted by Crippen LogP contribution is -2.47. The Bertz CT molecular complexity index is 374. The Morgan fingerprint density at radius 2 is 1.90 bits per heavy atom. The third-order valence-corrected chi connectivity index (χ3v) is 5.03. The van der Waals surface area contributed by atoms with Crippen molar-refractivity contribution in [3.63, 3.8) is 0 Å². The fourth-order valence-corrected chi connectivity index (χ4v) is 3.63. The lowest BCUT2D eigenvalue weighted by Gasteiger charge is -2.29. The van der Waals surface area contributed by atoms with Gasteiger partial charge < -0.3 is 15.4 Å². The van der Waals surface area contributed by atoms with Gasteiger partial charge in [0.2, 0.25) is 5.91 Å². The van der Waals surface area contributed by atoms with E-state index in [1.807, 2.05) is 13.8 Å². The number of piperidine rings is 1. The molecule has 2 heterocycles. The van der Waals surface area contributed by atoms with Crippen LogP contribution < -0.4 is 10.6 Å². The second-order valence-corrected chi connectivity index (χ2v) is 6.63. The van der Waals surface area contributed by atoms with Crippen molar-refractivity contribution in [1.29, 1.82) is 0 Å². The first-order valence-electron chi connectivity index (χ1n) is 8.16. The Labute approximate surface area is 127 Å². The van der Waals surface area contributed by atoms with Crippen molar-refractivity contribution in [1.82, 2.24) is 10.6 Å². The van der Waals surface area contributed by atoms with Gasteiger partial charge in [-0.05, 0) is 37.5 Å². The van der Waals surface area contributed by atoms with Gasteiger partial charge in [0.25, 0.3) is 0 Å². The number of ether oxygens (including phenoxy) is 1. The van der Waals surface area contributed by atoms with E-state index in [1.165, 1.54) is 20.0 Å². The number of hydrogen-bond acceptors (Lipinski definition) is 4. The molecule has 0 aromatic carbocycles. The molecule has 0 saturated carbocycles. The molecule has 21 heavy (non-hydrogen) atoms. The molecule has 4 atom stereocenters. The summed E-state index contributed by atoms with van der Waals surface area (Å²) in [6.07, 6.45) is 5.99. The van der Waals surface area contributed by atoms with Crippen molar-refractivity contribution in [3.05, 3.63) is 0 Å². The van der Waals surface area contributed by atoms with E-state index in [4.69, 9.17) is 4.74 Å². The van der Waals surface area contributed by atoms with E-state index in [0.29, 0.717) is 24.4 Å². The number of amides is 1. The van der Waals surface area contributed by atoms with E-state index in [1.54, 1.807) is 0 Å². The van der Waals surface area contributed by atoms with Crippen LogP contribution in [-0.2, 0) is 14.3 Å². The zero-order valence-corrected chi connectivity index (χ0v) is 13.4. The lowest BCUT2D eigenvalue weighted by atomic mass is 9.89. The number of carbonyl (C=O) groups is 2. The fourth-order valence-electron chi connectivity index (χ4n) is 3.63. The summed E-state index contributed by atoms with van der Waals surface area (Å²) in [6.45, 7) is 3.98. The van der Waals surface area contributed by atoms with Gasteiger partial charge in [-0.25, -0.2) is 4.79 Å². The highest BCUT2D eigenvalue weighted by Gasteiger charge is 2.35. The van der Waals surface area contributed by atoms with E-state index >= 15 is 0 Å². The van der Waals surface area contributed by atoms with Gasteiger partial charge in [0.05, 0.1) is 7.11 Å². The summed E-state index contributed by atoms with van der Waals surface area (Å²) in [5, 5.41) is 6.47. The minimum Gasteiger partial charge on any atom is -0.467 e. The van der Waals surface area contributed by atoms with E-state index in [9.17, 15) is 9.59 Å². The van der Waals surface area contributed by atoms with Crippen LogP contribution in [0.4, 0.5) is 0 Å². The molecule has 2 fully saturated rings. The zero-order valence-electron chi connectivity index (χ0n) is 13.4. The number of methoxy groups -OCH3 is 1. The average Bonchev–Trinajstić information content (AvgIpc) is 2.82. The van der Waals surface area contributed by atoms with E-state index < -0.39 is 6.04 Å². The predicted molar refractivity (Wildman–Crippen MR) is 80.7 cm³/mol. The molecule has 0 spiro atoms. The molecule has 5 nitrogen and oxygen atoms in total. The molecule has 2 saturated heterocycles. The first-order valence-corrected chi connectivity index (χ1v) is 8.16. The first kappa shape index (κ1) is 16.3. The minimum absolute atomic E-state index is 0.0167. The largest absolute Gasteiger partial charge is 0.467 e. The van der Waals surface area contributed by atoms with Gasteiger partial charge in [0.15, 0.2) is 0 Å². The van der Waals surface area contributed by atoms with Crippen molar-refractivity contribution in [2.24, 2.45) is 11.8 Å². The second-order valence-electron chi connectivity index (χ2n) is 6.63. The van der Waals surface area contributed by atoms with E-state index in [-0.39, 0.29) is 17.8 Å². The van der Waals surface area contributed by atoms with Crippen LogP contribution in [0.3, 0.4) is 0 Å². The molecular weight excluding hydrogens is 268 g/mol. The van der Waals surface area contributed by atoms with Gasteiger partial charge >= 0.3 is 5.97 Å². The van der Waals surface area contributed by atoms with Gasteiger partial charge in [-0.1, -0.05) is 20.3 Å². The molecule has 0 aliphatic carbocycles. The quantitative estimate of drug-likeness (QED) is 0.731. The molecule has 2 aliphatic rings. The number of rotatable bonds is 6. The third kappa shape index (κ3) is 4.19. The molecule has 120 valence electrons. The van der Waals surface area contributed by atoms with Crippen LogP contribution in [0.15, 0.2) is 0 Å². The summed E-state index contributed by atoms with van der Waals surface area (Å²) in [5.74, 6) is 0.171. The summed E-state index contributed by atoms with van der Waals surface area (Å²) in [6, 6.07) is 0.658. The number of carbonyl (C=O) groups excluding carboxylic acids is 2. The van der Waals surface area contributed by atoms with Gasteiger partial charge in [-0.3, -0.25) is 4.79 Å². The number of fused-ring (bicyclic) bond motifs is 2. The summed E-state index contributed by atoms with van der Waals surface area (Å²) in [4.78, 5) is 24.1.